The van der Waals surface area contributed by atoms with Crippen molar-refractivity contribution in [2.24, 2.45) is 11.3 Å². The molecule has 2 fully saturated rings. The van der Waals surface area contributed by atoms with E-state index in [1.165, 1.54) is 21.2 Å². The highest BCUT2D eigenvalue weighted by Gasteiger charge is 2.41. The zero-order valence-electron chi connectivity index (χ0n) is 39.4. The first kappa shape index (κ1) is 47.1. The minimum atomic E-state index is -1.05. The van der Waals surface area contributed by atoms with Gasteiger partial charge >= 0.3 is 12.0 Å². The van der Waals surface area contributed by atoms with Gasteiger partial charge in [-0.05, 0) is 89.8 Å². The van der Waals surface area contributed by atoms with Crippen LogP contribution in [0.1, 0.15) is 90.6 Å². The van der Waals surface area contributed by atoms with Gasteiger partial charge in [0, 0.05) is 97.9 Å². The molecule has 3 aliphatic heterocycles. The van der Waals surface area contributed by atoms with Crippen LogP contribution in [-0.2, 0) is 43.2 Å². The van der Waals surface area contributed by atoms with Crippen molar-refractivity contribution < 1.29 is 28.7 Å². The SMILES string of the molecule is CCn1c(-c2cccnc2[C@H](C)OC)c2c3cc(ccc31)-c1csc(n1)C[C@H](NC(=O)[C@H](C(C)C)N(C)C(=O)N1[C@H](C)CN(C)C[C@H]1C)C(=O)N1CCC[C@H](N1)C(=O)OCC(C)(C)C2. The Morgan fingerprint density at radius 1 is 1.12 bits per heavy atom. The average molecular weight is 898 g/mol. The van der Waals surface area contributed by atoms with E-state index in [1.807, 2.05) is 58.0 Å². The summed E-state index contributed by atoms with van der Waals surface area (Å²) in [4.78, 5) is 72.7. The van der Waals surface area contributed by atoms with Crippen molar-refractivity contribution in [3.63, 3.8) is 0 Å². The Hall–Kier alpha value is -4.90. The van der Waals surface area contributed by atoms with E-state index in [0.29, 0.717) is 37.4 Å². The molecule has 6 bridgehead atoms. The monoisotopic (exact) mass is 897 g/mol. The van der Waals surface area contributed by atoms with Crippen LogP contribution in [0.2, 0.25) is 0 Å². The molecule has 3 aliphatic rings. The number of carbonyl (C=O) groups excluding carboxylic acids is 4. The first-order valence-electron chi connectivity index (χ1n) is 22.8. The van der Waals surface area contributed by atoms with E-state index in [9.17, 15) is 19.2 Å². The second-order valence-corrected chi connectivity index (χ2v) is 20.1. The molecule has 3 aromatic heterocycles. The third-order valence-corrected chi connectivity index (χ3v) is 14.0. The number of methoxy groups -OCH3 is 1. The Morgan fingerprint density at radius 3 is 2.55 bits per heavy atom. The number of nitrogens with one attached hydrogen (secondary N) is 2. The molecule has 7 rings (SSSR count). The molecule has 6 heterocycles. The highest BCUT2D eigenvalue weighted by molar-refractivity contribution is 7.10. The lowest BCUT2D eigenvalue weighted by Crippen LogP contribution is -2.64. The van der Waals surface area contributed by atoms with Crippen molar-refractivity contribution in [3.05, 3.63) is 58.2 Å². The summed E-state index contributed by atoms with van der Waals surface area (Å²) in [6, 6.07) is 7.49. The summed E-state index contributed by atoms with van der Waals surface area (Å²) in [5.41, 5.74) is 9.40. The van der Waals surface area contributed by atoms with E-state index in [-0.39, 0.29) is 49.1 Å². The van der Waals surface area contributed by atoms with E-state index >= 15 is 0 Å². The maximum absolute atomic E-state index is 14.6. The lowest BCUT2D eigenvalue weighted by atomic mass is 9.84. The molecule has 346 valence electrons. The number of aryl methyl sites for hydroxylation is 1. The van der Waals surface area contributed by atoms with Gasteiger partial charge in [-0.2, -0.15) is 0 Å². The number of hydrazine groups is 1. The average Bonchev–Trinajstić information content (AvgIpc) is 3.85. The molecular formula is C48H67N9O6S. The summed E-state index contributed by atoms with van der Waals surface area (Å²) in [5, 5.41) is 8.24. The largest absolute Gasteiger partial charge is 0.464 e. The van der Waals surface area contributed by atoms with Crippen LogP contribution >= 0.6 is 11.3 Å². The lowest BCUT2D eigenvalue weighted by molar-refractivity contribution is -0.155. The van der Waals surface area contributed by atoms with E-state index < -0.39 is 35.4 Å². The number of hydrogen-bond donors (Lipinski definition) is 2. The predicted octanol–water partition coefficient (Wildman–Crippen LogP) is 6.30. The molecule has 4 amide bonds. The van der Waals surface area contributed by atoms with Crippen LogP contribution in [0, 0.1) is 11.3 Å². The molecule has 2 N–H and O–H groups in total. The van der Waals surface area contributed by atoms with Gasteiger partial charge in [-0.1, -0.05) is 33.8 Å². The number of rotatable bonds is 8. The molecule has 15 nitrogen and oxygen atoms in total. The molecule has 0 radical (unpaired) electrons. The number of carbonyl (C=O) groups is 4. The predicted molar refractivity (Wildman–Crippen MR) is 249 cm³/mol. The standard InChI is InChI=1S/C48H67N9O6S/c1-12-55-39-18-17-32-21-34(39)35(43(55)33-15-13-19-49-41(33)31(6)62-11)23-48(7,8)27-63-46(60)36-16-14-20-56(52-36)45(59)37(22-40-50-38(32)26-64-40)51-44(58)42(28(2)3)54(10)47(61)57-29(4)24-53(9)25-30(57)5/h13,15,17-19,21,26,28-31,36-37,42,52H,12,14,16,20,22-25,27H2,1-11H3,(H,51,58)/t29-,30-,31+,36+,37+,42+/m1/s1. The fourth-order valence-corrected chi connectivity index (χ4v) is 10.9. The quantitative estimate of drug-likeness (QED) is 0.193. The Labute approximate surface area is 381 Å². The molecule has 0 spiro atoms. The third-order valence-electron chi connectivity index (χ3n) is 13.1. The molecule has 6 atom stereocenters. The molecule has 4 aromatic rings. The molecular weight excluding hydrogens is 831 g/mol. The van der Waals surface area contributed by atoms with Crippen LogP contribution < -0.4 is 10.7 Å². The van der Waals surface area contributed by atoms with E-state index in [1.54, 1.807) is 20.4 Å². The second-order valence-electron chi connectivity index (χ2n) is 19.2. The van der Waals surface area contributed by atoms with Crippen LogP contribution in [0.4, 0.5) is 4.79 Å². The van der Waals surface area contributed by atoms with Gasteiger partial charge in [-0.15, -0.1) is 11.3 Å². The molecule has 16 heteroatoms. The van der Waals surface area contributed by atoms with E-state index in [0.717, 1.165) is 57.8 Å². The van der Waals surface area contributed by atoms with Gasteiger partial charge in [-0.25, -0.2) is 15.2 Å². The third kappa shape index (κ3) is 9.56. The zero-order valence-corrected chi connectivity index (χ0v) is 40.3. The van der Waals surface area contributed by atoms with Crippen molar-refractivity contribution in [3.8, 4) is 22.5 Å². The normalized spacial score (nSPS) is 23.1. The van der Waals surface area contributed by atoms with Crippen molar-refractivity contribution in [2.45, 2.75) is 124 Å². The van der Waals surface area contributed by atoms with Crippen LogP contribution in [0.5, 0.6) is 0 Å². The number of hydrogen-bond acceptors (Lipinski definition) is 11. The Bertz CT molecular complexity index is 2350. The van der Waals surface area contributed by atoms with Crippen LogP contribution in [0.3, 0.4) is 0 Å². The minimum Gasteiger partial charge on any atom is -0.464 e. The van der Waals surface area contributed by atoms with Crippen LogP contribution in [0.15, 0.2) is 41.9 Å². The number of fused-ring (bicyclic) bond motifs is 6. The Morgan fingerprint density at radius 2 is 1.86 bits per heavy atom. The fourth-order valence-electron chi connectivity index (χ4n) is 10.0. The maximum atomic E-state index is 14.6. The second kappa shape index (κ2) is 19.3. The number of thiazole rings is 1. The van der Waals surface area contributed by atoms with Gasteiger partial charge in [0.25, 0.3) is 5.91 Å². The number of cyclic esters (lactones) is 1. The number of benzene rings is 1. The molecule has 64 heavy (non-hydrogen) atoms. The summed E-state index contributed by atoms with van der Waals surface area (Å²) in [5.74, 6) is -1.52. The number of amides is 4. The number of ether oxygens (including phenoxy) is 2. The van der Waals surface area contributed by atoms with Crippen LogP contribution in [-0.4, -0.2) is 136 Å². The fraction of sp³-hybridized carbons (Fsp3) is 0.583. The topological polar surface area (TPSA) is 154 Å². The number of nitrogens with zero attached hydrogens (tertiary/aromatic N) is 7. The smallest absolute Gasteiger partial charge is 0.324 e. The number of piperazine rings is 1. The summed E-state index contributed by atoms with van der Waals surface area (Å²) < 4.78 is 14.3. The van der Waals surface area contributed by atoms with Gasteiger partial charge in [0.1, 0.15) is 18.1 Å². The van der Waals surface area contributed by atoms with Gasteiger partial charge in [0.15, 0.2) is 0 Å². The van der Waals surface area contributed by atoms with Crippen molar-refractivity contribution in [1.82, 2.24) is 45.0 Å². The van der Waals surface area contributed by atoms with Gasteiger partial charge in [-0.3, -0.25) is 24.4 Å². The molecule has 0 unspecified atom stereocenters. The zero-order chi connectivity index (χ0) is 46.2. The first-order chi connectivity index (χ1) is 30.4. The number of aromatic nitrogens is 3. The molecule has 0 aliphatic carbocycles. The van der Waals surface area contributed by atoms with Crippen molar-refractivity contribution >= 4 is 46.1 Å². The maximum Gasteiger partial charge on any atom is 0.324 e. The molecule has 0 saturated carbocycles. The lowest BCUT2D eigenvalue weighted by Gasteiger charge is -2.46. The Kier molecular flexibility index (Phi) is 14.2. The number of pyridine rings is 1. The highest BCUT2D eigenvalue weighted by Crippen LogP contribution is 2.42. The van der Waals surface area contributed by atoms with E-state index in [2.05, 4.69) is 65.2 Å². The molecule has 1 aromatic carbocycles. The highest BCUT2D eigenvalue weighted by atomic mass is 32.1. The van der Waals surface area contributed by atoms with Gasteiger partial charge < -0.3 is 34.1 Å². The first-order valence-corrected chi connectivity index (χ1v) is 23.7. The minimum absolute atomic E-state index is 0.0439. The summed E-state index contributed by atoms with van der Waals surface area (Å²) in [6.07, 6.45) is 3.30. The number of esters is 1. The summed E-state index contributed by atoms with van der Waals surface area (Å²) in [6.45, 7) is 18.9. The number of urea groups is 1. The van der Waals surface area contributed by atoms with Gasteiger partial charge in [0.2, 0.25) is 5.91 Å². The van der Waals surface area contributed by atoms with Crippen molar-refractivity contribution in [2.75, 3.05) is 47.4 Å². The van der Waals surface area contributed by atoms with E-state index in [4.69, 9.17) is 19.4 Å². The Balaban J connectivity index is 1.28. The number of likely N-dealkylation sites (N-methyl/N-ethyl adjacent to an activating group) is 2. The van der Waals surface area contributed by atoms with Crippen LogP contribution in [0.25, 0.3) is 33.4 Å². The summed E-state index contributed by atoms with van der Waals surface area (Å²) >= 11 is 1.43. The summed E-state index contributed by atoms with van der Waals surface area (Å²) in [7, 11) is 5.41. The van der Waals surface area contributed by atoms with Gasteiger partial charge in [0.05, 0.1) is 34.8 Å². The van der Waals surface area contributed by atoms with Crippen molar-refractivity contribution in [1.29, 1.82) is 0 Å². The molecule has 2 saturated heterocycles.